The Morgan fingerprint density at radius 1 is 1.10 bits per heavy atom. The summed E-state index contributed by atoms with van der Waals surface area (Å²) in [5.74, 6) is 0. The van der Waals surface area contributed by atoms with Gasteiger partial charge in [-0.25, -0.2) is 13.1 Å². The Balaban J connectivity index is 2.53. The number of fused-ring (bicyclic) bond motifs is 1. The van der Waals surface area contributed by atoms with E-state index in [0.717, 1.165) is 11.1 Å². The van der Waals surface area contributed by atoms with Gasteiger partial charge in [-0.05, 0) is 18.6 Å². The molecule has 0 saturated carbocycles. The number of rotatable bonds is 6. The molecule has 0 aliphatic heterocycles. The van der Waals surface area contributed by atoms with Crippen molar-refractivity contribution in [3.63, 3.8) is 0 Å². The fourth-order valence-corrected chi connectivity index (χ4v) is 3.55. The first-order chi connectivity index (χ1) is 9.97. The van der Waals surface area contributed by atoms with Crippen molar-refractivity contribution in [3.8, 4) is 0 Å². The van der Waals surface area contributed by atoms with Crippen LogP contribution < -0.4 is 9.62 Å². The number of aliphatic hydroxyl groups is 1. The molecule has 2 aromatic carbocycles. The number of benzene rings is 2. The third-order valence-electron chi connectivity index (χ3n) is 3.26. The molecular weight excluding hydrogens is 288 g/mol. The number of sulfonamides is 1. The predicted octanol–water partition coefficient (Wildman–Crippen LogP) is 1.57. The molecule has 21 heavy (non-hydrogen) atoms. The summed E-state index contributed by atoms with van der Waals surface area (Å²) in [6.45, 7) is 0.186. The Kier molecular flexibility index (Phi) is 4.82. The number of nitrogens with one attached hydrogen (secondary N) is 1. The summed E-state index contributed by atoms with van der Waals surface area (Å²) in [5.41, 5.74) is 0.972. The molecule has 2 rings (SSSR count). The molecule has 0 unspecified atom stereocenters. The monoisotopic (exact) mass is 308 g/mol. The Bertz CT molecular complexity index is 727. The average molecular weight is 308 g/mol. The third kappa shape index (κ3) is 3.34. The molecule has 0 amide bonds. The van der Waals surface area contributed by atoms with Gasteiger partial charge in [0.05, 0.1) is 4.90 Å². The van der Waals surface area contributed by atoms with Crippen molar-refractivity contribution < 1.29 is 13.5 Å². The van der Waals surface area contributed by atoms with Gasteiger partial charge >= 0.3 is 0 Å². The lowest BCUT2D eigenvalue weighted by atomic mass is 10.1. The van der Waals surface area contributed by atoms with Gasteiger partial charge in [-0.15, -0.1) is 0 Å². The van der Waals surface area contributed by atoms with Gasteiger partial charge in [-0.1, -0.05) is 24.3 Å². The van der Waals surface area contributed by atoms with Crippen LogP contribution in [-0.2, 0) is 10.0 Å². The van der Waals surface area contributed by atoms with Gasteiger partial charge in [0.25, 0.3) is 0 Å². The van der Waals surface area contributed by atoms with Crippen molar-refractivity contribution in [2.45, 2.75) is 11.3 Å². The van der Waals surface area contributed by atoms with E-state index < -0.39 is 10.0 Å². The van der Waals surface area contributed by atoms with E-state index in [1.54, 1.807) is 12.1 Å². The molecule has 2 aromatic rings. The largest absolute Gasteiger partial charge is 0.396 e. The summed E-state index contributed by atoms with van der Waals surface area (Å²) in [4.78, 5) is 2.22. The lowest BCUT2D eigenvalue weighted by Gasteiger charge is -2.17. The van der Waals surface area contributed by atoms with Gasteiger partial charge in [0.2, 0.25) is 10.0 Å². The van der Waals surface area contributed by atoms with Gasteiger partial charge in [0.15, 0.2) is 0 Å². The summed E-state index contributed by atoms with van der Waals surface area (Å²) in [5, 5.41) is 10.4. The van der Waals surface area contributed by atoms with Gasteiger partial charge in [-0.3, -0.25) is 0 Å². The van der Waals surface area contributed by atoms with E-state index in [-0.39, 0.29) is 18.0 Å². The molecule has 0 saturated heterocycles. The van der Waals surface area contributed by atoms with Crippen LogP contribution in [0.5, 0.6) is 0 Å². The Morgan fingerprint density at radius 3 is 2.43 bits per heavy atom. The van der Waals surface area contributed by atoms with E-state index in [2.05, 4.69) is 4.72 Å². The van der Waals surface area contributed by atoms with Gasteiger partial charge in [0.1, 0.15) is 0 Å². The van der Waals surface area contributed by atoms with Gasteiger partial charge < -0.3 is 10.0 Å². The van der Waals surface area contributed by atoms with Crippen molar-refractivity contribution in [3.05, 3.63) is 36.4 Å². The second kappa shape index (κ2) is 6.43. The highest BCUT2D eigenvalue weighted by Gasteiger charge is 2.17. The topological polar surface area (TPSA) is 69.6 Å². The first-order valence-corrected chi connectivity index (χ1v) is 8.25. The zero-order valence-electron chi connectivity index (χ0n) is 12.2. The number of aliphatic hydroxyl groups excluding tert-OH is 1. The van der Waals surface area contributed by atoms with Crippen LogP contribution in [-0.4, -0.2) is 40.8 Å². The highest BCUT2D eigenvalue weighted by molar-refractivity contribution is 7.89. The quantitative estimate of drug-likeness (QED) is 0.795. The van der Waals surface area contributed by atoms with Crippen molar-refractivity contribution in [1.29, 1.82) is 0 Å². The van der Waals surface area contributed by atoms with Crippen molar-refractivity contribution in [2.24, 2.45) is 0 Å². The van der Waals surface area contributed by atoms with E-state index in [1.165, 1.54) is 0 Å². The smallest absolute Gasteiger partial charge is 0.241 e. The summed E-state index contributed by atoms with van der Waals surface area (Å²) in [7, 11) is 0.271. The molecule has 5 nitrogen and oxygen atoms in total. The zero-order chi connectivity index (χ0) is 15.5. The molecule has 0 spiro atoms. The van der Waals surface area contributed by atoms with E-state index in [9.17, 15) is 8.42 Å². The molecule has 0 bridgehead atoms. The van der Waals surface area contributed by atoms with Crippen LogP contribution in [0.4, 0.5) is 5.69 Å². The minimum Gasteiger partial charge on any atom is -0.396 e. The second-order valence-corrected chi connectivity index (χ2v) is 6.73. The SMILES string of the molecule is CN(C)c1cccc2c(S(=O)(=O)NCCCO)cccc12. The third-order valence-corrected chi connectivity index (χ3v) is 4.78. The number of anilines is 1. The van der Waals surface area contributed by atoms with Crippen LogP contribution in [0.2, 0.25) is 0 Å². The molecule has 0 aliphatic rings. The molecule has 0 atom stereocenters. The van der Waals surface area contributed by atoms with Gasteiger partial charge in [0, 0.05) is 43.7 Å². The Morgan fingerprint density at radius 2 is 1.76 bits per heavy atom. The molecule has 0 radical (unpaired) electrons. The highest BCUT2D eigenvalue weighted by atomic mass is 32.2. The maximum absolute atomic E-state index is 12.4. The minimum atomic E-state index is -3.58. The van der Waals surface area contributed by atoms with Gasteiger partial charge in [-0.2, -0.15) is 0 Å². The van der Waals surface area contributed by atoms with Crippen LogP contribution in [0, 0.1) is 0 Å². The standard InChI is InChI=1S/C15H20N2O3S/c1-17(2)14-8-3-7-13-12(14)6-4-9-15(13)21(19,20)16-10-5-11-18/h3-4,6-9,16,18H,5,10-11H2,1-2H3. The second-order valence-electron chi connectivity index (χ2n) is 5.00. The van der Waals surface area contributed by atoms with E-state index in [1.807, 2.05) is 43.3 Å². The zero-order valence-corrected chi connectivity index (χ0v) is 13.0. The molecule has 6 heteroatoms. The molecule has 0 fully saturated rings. The molecule has 114 valence electrons. The molecule has 0 aliphatic carbocycles. The predicted molar refractivity (Wildman–Crippen MR) is 85.2 cm³/mol. The number of nitrogens with zero attached hydrogens (tertiary/aromatic N) is 1. The molecule has 2 N–H and O–H groups in total. The highest BCUT2D eigenvalue weighted by Crippen LogP contribution is 2.29. The average Bonchev–Trinajstić information content (AvgIpc) is 2.46. The van der Waals surface area contributed by atoms with Crippen LogP contribution in [0.3, 0.4) is 0 Å². The maximum Gasteiger partial charge on any atom is 0.241 e. The summed E-state index contributed by atoms with van der Waals surface area (Å²) in [6.07, 6.45) is 0.396. The van der Waals surface area contributed by atoms with Crippen molar-refractivity contribution in [2.75, 3.05) is 32.1 Å². The van der Waals surface area contributed by atoms with E-state index in [4.69, 9.17) is 5.11 Å². The van der Waals surface area contributed by atoms with E-state index in [0.29, 0.717) is 11.8 Å². The van der Waals surface area contributed by atoms with Crippen molar-refractivity contribution >= 4 is 26.5 Å². The lowest BCUT2D eigenvalue weighted by Crippen LogP contribution is -2.25. The fraction of sp³-hybridized carbons (Fsp3) is 0.333. The van der Waals surface area contributed by atoms with E-state index >= 15 is 0 Å². The molecule has 0 heterocycles. The summed E-state index contributed by atoms with van der Waals surface area (Å²) >= 11 is 0. The van der Waals surface area contributed by atoms with Crippen LogP contribution in [0.1, 0.15) is 6.42 Å². The molecular formula is C15H20N2O3S. The number of hydrogen-bond acceptors (Lipinski definition) is 4. The summed E-state index contributed by atoms with van der Waals surface area (Å²) < 4.78 is 27.3. The number of hydrogen-bond donors (Lipinski definition) is 2. The Labute approximate surface area is 125 Å². The maximum atomic E-state index is 12.4. The van der Waals surface area contributed by atoms with Crippen LogP contribution >= 0.6 is 0 Å². The van der Waals surface area contributed by atoms with Crippen molar-refractivity contribution in [1.82, 2.24) is 4.72 Å². The Hall–Kier alpha value is -1.63. The summed E-state index contributed by atoms with van der Waals surface area (Å²) in [6, 6.07) is 10.9. The lowest BCUT2D eigenvalue weighted by molar-refractivity contribution is 0.289. The minimum absolute atomic E-state index is 0.0389. The normalized spacial score (nSPS) is 11.8. The molecule has 0 aromatic heterocycles. The first kappa shape index (κ1) is 15.8. The fourth-order valence-electron chi connectivity index (χ4n) is 2.25. The van der Waals surface area contributed by atoms with Crippen LogP contribution in [0.25, 0.3) is 10.8 Å². The first-order valence-electron chi connectivity index (χ1n) is 6.77. The van der Waals surface area contributed by atoms with Crippen LogP contribution in [0.15, 0.2) is 41.3 Å².